The summed E-state index contributed by atoms with van der Waals surface area (Å²) in [4.78, 5) is 25.0. The van der Waals surface area contributed by atoms with Crippen molar-refractivity contribution in [2.75, 3.05) is 17.7 Å². The lowest BCUT2D eigenvalue weighted by molar-refractivity contribution is -0.125. The van der Waals surface area contributed by atoms with Crippen molar-refractivity contribution in [1.29, 1.82) is 0 Å². The van der Waals surface area contributed by atoms with Crippen LogP contribution in [0.25, 0.3) is 11.1 Å². The Hall–Kier alpha value is -3.61. The average Bonchev–Trinajstić information content (AvgIpc) is 3.11. The molecule has 3 aromatic rings. The van der Waals surface area contributed by atoms with Gasteiger partial charge in [0.1, 0.15) is 17.6 Å². The van der Waals surface area contributed by atoms with Crippen LogP contribution in [0.3, 0.4) is 0 Å². The topological polar surface area (TPSA) is 85.2 Å². The highest BCUT2D eigenvalue weighted by Gasteiger charge is 2.33. The first-order valence-corrected chi connectivity index (χ1v) is 8.53. The SMILES string of the molecule is COc1ccc(-c2cnn3c2NC(=O)C[C@H]3C(=O)Nc2ccccc2)cc1. The zero-order valence-electron chi connectivity index (χ0n) is 14.7. The van der Waals surface area contributed by atoms with E-state index in [0.717, 1.165) is 16.9 Å². The van der Waals surface area contributed by atoms with Crippen LogP contribution >= 0.6 is 0 Å². The summed E-state index contributed by atoms with van der Waals surface area (Å²) in [6, 6.07) is 15.9. The number of rotatable bonds is 4. The first-order chi connectivity index (χ1) is 13.2. The van der Waals surface area contributed by atoms with Crippen LogP contribution in [-0.2, 0) is 9.59 Å². The molecule has 0 saturated carbocycles. The third-order valence-corrected chi connectivity index (χ3v) is 4.47. The maximum Gasteiger partial charge on any atom is 0.249 e. The summed E-state index contributed by atoms with van der Waals surface area (Å²) < 4.78 is 6.75. The van der Waals surface area contributed by atoms with Crippen LogP contribution in [0.15, 0.2) is 60.8 Å². The van der Waals surface area contributed by atoms with Crippen LogP contribution in [0.4, 0.5) is 11.5 Å². The van der Waals surface area contributed by atoms with Gasteiger partial charge in [0.15, 0.2) is 0 Å². The van der Waals surface area contributed by atoms with Crippen LogP contribution in [0.2, 0.25) is 0 Å². The zero-order chi connectivity index (χ0) is 18.8. The minimum Gasteiger partial charge on any atom is -0.497 e. The van der Waals surface area contributed by atoms with E-state index in [2.05, 4.69) is 15.7 Å². The van der Waals surface area contributed by atoms with E-state index in [0.29, 0.717) is 11.5 Å². The largest absolute Gasteiger partial charge is 0.497 e. The fourth-order valence-corrected chi connectivity index (χ4v) is 3.10. The molecule has 7 heteroatoms. The van der Waals surface area contributed by atoms with E-state index >= 15 is 0 Å². The third kappa shape index (κ3) is 3.27. The molecule has 1 atom stereocenters. The Morgan fingerprint density at radius 3 is 2.63 bits per heavy atom. The molecule has 0 saturated heterocycles. The van der Waals surface area contributed by atoms with Crippen LogP contribution < -0.4 is 15.4 Å². The summed E-state index contributed by atoms with van der Waals surface area (Å²) in [6.07, 6.45) is 1.70. The first-order valence-electron chi connectivity index (χ1n) is 8.53. The van der Waals surface area contributed by atoms with Gasteiger partial charge >= 0.3 is 0 Å². The van der Waals surface area contributed by atoms with E-state index < -0.39 is 6.04 Å². The first kappa shape index (κ1) is 16.8. The Morgan fingerprint density at radius 2 is 1.93 bits per heavy atom. The van der Waals surface area contributed by atoms with Gasteiger partial charge in [-0.05, 0) is 29.8 Å². The molecule has 7 nitrogen and oxygen atoms in total. The molecule has 2 amide bonds. The average molecular weight is 362 g/mol. The monoisotopic (exact) mass is 362 g/mol. The van der Waals surface area contributed by atoms with Gasteiger partial charge in [-0.2, -0.15) is 5.10 Å². The Bertz CT molecular complexity index is 980. The number of nitrogens with one attached hydrogen (secondary N) is 2. The molecule has 1 aliphatic rings. The maximum absolute atomic E-state index is 12.7. The maximum atomic E-state index is 12.7. The van der Waals surface area contributed by atoms with Crippen molar-refractivity contribution in [2.24, 2.45) is 0 Å². The highest BCUT2D eigenvalue weighted by Crippen LogP contribution is 2.35. The molecule has 1 aromatic heterocycles. The standard InChI is InChI=1S/C20H18N4O3/c1-27-15-9-7-13(8-10-15)16-12-21-24-17(11-18(25)23-19(16)24)20(26)22-14-5-3-2-4-6-14/h2-10,12,17H,11H2,1H3,(H,22,26)(H,23,25)/t17-/m0/s1. The lowest BCUT2D eigenvalue weighted by Gasteiger charge is -2.24. The molecule has 4 rings (SSSR count). The zero-order valence-corrected chi connectivity index (χ0v) is 14.7. The molecule has 27 heavy (non-hydrogen) atoms. The molecular weight excluding hydrogens is 344 g/mol. The second-order valence-corrected chi connectivity index (χ2v) is 6.20. The summed E-state index contributed by atoms with van der Waals surface area (Å²) in [5.74, 6) is 0.765. The number of amides is 2. The fraction of sp³-hybridized carbons (Fsp3) is 0.150. The van der Waals surface area contributed by atoms with E-state index in [1.54, 1.807) is 30.1 Å². The highest BCUT2D eigenvalue weighted by atomic mass is 16.5. The number of nitrogens with zero attached hydrogens (tertiary/aromatic N) is 2. The third-order valence-electron chi connectivity index (χ3n) is 4.47. The van der Waals surface area contributed by atoms with Gasteiger partial charge in [-0.25, -0.2) is 4.68 Å². The summed E-state index contributed by atoms with van der Waals surface area (Å²) in [5.41, 5.74) is 2.31. The Balaban J connectivity index is 1.65. The Morgan fingerprint density at radius 1 is 1.19 bits per heavy atom. The number of benzene rings is 2. The van der Waals surface area contributed by atoms with Crippen molar-refractivity contribution in [2.45, 2.75) is 12.5 Å². The number of para-hydroxylation sites is 1. The smallest absolute Gasteiger partial charge is 0.249 e. The molecule has 0 spiro atoms. The summed E-state index contributed by atoms with van der Waals surface area (Å²) in [5, 5.41) is 10.0. The molecule has 1 aliphatic heterocycles. The number of carbonyl (C=O) groups excluding carboxylic acids is 2. The lowest BCUT2D eigenvalue weighted by atomic mass is 10.1. The molecule has 0 aliphatic carbocycles. The molecule has 0 bridgehead atoms. The van der Waals surface area contributed by atoms with Gasteiger partial charge in [0.25, 0.3) is 0 Å². The second-order valence-electron chi connectivity index (χ2n) is 6.20. The number of aromatic nitrogens is 2. The Labute approximate surface area is 156 Å². The van der Waals surface area contributed by atoms with Crippen LogP contribution in [0, 0.1) is 0 Å². The van der Waals surface area contributed by atoms with E-state index in [1.165, 1.54) is 0 Å². The highest BCUT2D eigenvalue weighted by molar-refractivity contribution is 6.03. The normalized spacial score (nSPS) is 15.6. The van der Waals surface area contributed by atoms with Gasteiger partial charge in [-0.15, -0.1) is 0 Å². The lowest BCUT2D eigenvalue weighted by Crippen LogP contribution is -2.35. The molecule has 0 unspecified atom stereocenters. The Kier molecular flexibility index (Phi) is 4.33. The predicted octanol–water partition coefficient (Wildman–Crippen LogP) is 3.08. The number of hydrogen-bond acceptors (Lipinski definition) is 4. The molecule has 2 aromatic carbocycles. The molecule has 0 radical (unpaired) electrons. The van der Waals surface area contributed by atoms with Crippen molar-refractivity contribution < 1.29 is 14.3 Å². The molecule has 2 heterocycles. The number of fused-ring (bicyclic) bond motifs is 1. The second kappa shape index (κ2) is 6.95. The number of methoxy groups -OCH3 is 1. The van der Waals surface area contributed by atoms with E-state index in [4.69, 9.17) is 4.74 Å². The molecular formula is C20H18N4O3. The summed E-state index contributed by atoms with van der Waals surface area (Å²) in [6.45, 7) is 0. The number of ether oxygens (including phenoxy) is 1. The minimum atomic E-state index is -0.707. The van der Waals surface area contributed by atoms with Gasteiger partial charge in [-0.3, -0.25) is 9.59 Å². The van der Waals surface area contributed by atoms with Crippen molar-refractivity contribution in [3.8, 4) is 16.9 Å². The van der Waals surface area contributed by atoms with Gasteiger partial charge < -0.3 is 15.4 Å². The summed E-state index contributed by atoms with van der Waals surface area (Å²) >= 11 is 0. The number of anilines is 2. The number of hydrogen-bond donors (Lipinski definition) is 2. The fourth-order valence-electron chi connectivity index (χ4n) is 3.10. The van der Waals surface area contributed by atoms with Gasteiger partial charge in [-0.1, -0.05) is 30.3 Å². The van der Waals surface area contributed by atoms with Gasteiger partial charge in [0, 0.05) is 11.3 Å². The minimum absolute atomic E-state index is 0.0371. The molecule has 0 fully saturated rings. The van der Waals surface area contributed by atoms with Gasteiger partial charge in [0.2, 0.25) is 11.8 Å². The van der Waals surface area contributed by atoms with E-state index in [-0.39, 0.29) is 18.2 Å². The van der Waals surface area contributed by atoms with Crippen molar-refractivity contribution in [3.63, 3.8) is 0 Å². The van der Waals surface area contributed by atoms with Crippen molar-refractivity contribution in [3.05, 3.63) is 60.8 Å². The summed E-state index contributed by atoms with van der Waals surface area (Å²) in [7, 11) is 1.60. The number of carbonyl (C=O) groups is 2. The molecule has 2 N–H and O–H groups in total. The van der Waals surface area contributed by atoms with Crippen LogP contribution in [0.1, 0.15) is 12.5 Å². The molecule has 136 valence electrons. The van der Waals surface area contributed by atoms with Crippen LogP contribution in [0.5, 0.6) is 5.75 Å². The van der Waals surface area contributed by atoms with Gasteiger partial charge in [0.05, 0.1) is 19.7 Å². The quantitative estimate of drug-likeness (QED) is 0.747. The predicted molar refractivity (Wildman–Crippen MR) is 102 cm³/mol. The van der Waals surface area contributed by atoms with E-state index in [1.807, 2.05) is 42.5 Å². The van der Waals surface area contributed by atoms with Crippen molar-refractivity contribution in [1.82, 2.24) is 9.78 Å². The van der Waals surface area contributed by atoms with Crippen LogP contribution in [-0.4, -0.2) is 28.7 Å². The van der Waals surface area contributed by atoms with E-state index in [9.17, 15) is 9.59 Å². The van der Waals surface area contributed by atoms with Crippen molar-refractivity contribution >= 4 is 23.3 Å².